The topological polar surface area (TPSA) is 126 Å². The van der Waals surface area contributed by atoms with E-state index in [0.29, 0.717) is 17.0 Å². The number of rotatable bonds is 4. The van der Waals surface area contributed by atoms with Gasteiger partial charge in [0.2, 0.25) is 0 Å². The summed E-state index contributed by atoms with van der Waals surface area (Å²) in [7, 11) is 0. The number of nitrogens with one attached hydrogen (secondary N) is 1. The van der Waals surface area contributed by atoms with Crippen LogP contribution in [0.5, 0.6) is 0 Å². The molecule has 3 heterocycles. The third-order valence-corrected chi connectivity index (χ3v) is 3.51. The molecule has 4 atom stereocenters. The van der Waals surface area contributed by atoms with Crippen LogP contribution in [0.15, 0.2) is 12.7 Å². The van der Waals surface area contributed by atoms with E-state index in [4.69, 9.17) is 16.3 Å². The van der Waals surface area contributed by atoms with Gasteiger partial charge in [0.05, 0.1) is 19.5 Å². The summed E-state index contributed by atoms with van der Waals surface area (Å²) >= 11 is 0. The highest BCUT2D eigenvalue weighted by molar-refractivity contribution is 5.82. The highest BCUT2D eigenvalue weighted by atomic mass is 16.6. The Bertz CT molecular complexity index is 712. The fraction of sp³-hybridized carbons (Fsp3) is 0.462. The van der Waals surface area contributed by atoms with Gasteiger partial charge in [-0.2, -0.15) is 0 Å². The minimum Gasteiger partial charge on any atom is -0.394 e. The molecule has 1 saturated heterocycles. The normalized spacial score (nSPS) is 27.9. The van der Waals surface area contributed by atoms with Crippen molar-refractivity contribution < 1.29 is 20.1 Å². The Labute approximate surface area is 125 Å². The van der Waals surface area contributed by atoms with Crippen LogP contribution < -0.4 is 5.32 Å². The van der Waals surface area contributed by atoms with Gasteiger partial charge in [0.25, 0.3) is 0 Å². The molecule has 9 heteroatoms. The van der Waals surface area contributed by atoms with E-state index in [1.54, 1.807) is 0 Å². The molecule has 0 aromatic carbocycles. The second-order valence-corrected chi connectivity index (χ2v) is 4.83. The van der Waals surface area contributed by atoms with Crippen LogP contribution in [0.25, 0.3) is 11.2 Å². The lowest BCUT2D eigenvalue weighted by Gasteiger charge is -2.16. The summed E-state index contributed by atoms with van der Waals surface area (Å²) in [5.74, 6) is 2.90. The van der Waals surface area contributed by atoms with Crippen molar-refractivity contribution >= 4 is 17.0 Å². The maximum atomic E-state index is 10.1. The molecule has 22 heavy (non-hydrogen) atoms. The first-order chi connectivity index (χ1) is 10.7. The zero-order chi connectivity index (χ0) is 15.7. The van der Waals surface area contributed by atoms with Crippen molar-refractivity contribution in [2.24, 2.45) is 0 Å². The zero-order valence-electron chi connectivity index (χ0n) is 11.5. The molecule has 1 aliphatic heterocycles. The maximum absolute atomic E-state index is 10.1. The van der Waals surface area contributed by atoms with Gasteiger partial charge in [-0.15, -0.1) is 6.42 Å². The van der Waals surface area contributed by atoms with Gasteiger partial charge in [-0.3, -0.25) is 4.57 Å². The summed E-state index contributed by atoms with van der Waals surface area (Å²) in [6, 6.07) is 0. The predicted molar refractivity (Wildman–Crippen MR) is 75.7 cm³/mol. The quantitative estimate of drug-likeness (QED) is 0.502. The summed E-state index contributed by atoms with van der Waals surface area (Å²) in [6.45, 7) is -0.113. The number of ether oxygens (including phenoxy) is 1. The van der Waals surface area contributed by atoms with Gasteiger partial charge in [-0.1, -0.05) is 5.92 Å². The van der Waals surface area contributed by atoms with E-state index in [1.807, 2.05) is 0 Å². The molecule has 2 aromatic rings. The number of nitrogens with zero attached hydrogens (tertiary/aromatic N) is 4. The Morgan fingerprint density at radius 3 is 2.82 bits per heavy atom. The van der Waals surface area contributed by atoms with Crippen molar-refractivity contribution in [2.75, 3.05) is 18.5 Å². The predicted octanol–water partition coefficient (Wildman–Crippen LogP) is -1.52. The number of imidazole rings is 1. The van der Waals surface area contributed by atoms with Crippen LogP contribution in [0.2, 0.25) is 0 Å². The fourth-order valence-corrected chi connectivity index (χ4v) is 2.41. The monoisotopic (exact) mass is 305 g/mol. The minimum absolute atomic E-state index is 0.285. The van der Waals surface area contributed by atoms with Gasteiger partial charge in [0, 0.05) is 0 Å². The van der Waals surface area contributed by atoms with Crippen LogP contribution in [0, 0.1) is 12.3 Å². The summed E-state index contributed by atoms with van der Waals surface area (Å²) < 4.78 is 6.96. The molecule has 0 spiro atoms. The van der Waals surface area contributed by atoms with E-state index in [9.17, 15) is 10.2 Å². The molecule has 0 aliphatic carbocycles. The van der Waals surface area contributed by atoms with Gasteiger partial charge >= 0.3 is 0 Å². The lowest BCUT2D eigenvalue weighted by Crippen LogP contribution is -2.33. The smallest absolute Gasteiger partial charge is 0.167 e. The van der Waals surface area contributed by atoms with E-state index in [-0.39, 0.29) is 6.54 Å². The Kier molecular flexibility index (Phi) is 3.91. The highest BCUT2D eigenvalue weighted by Crippen LogP contribution is 2.31. The lowest BCUT2D eigenvalue weighted by atomic mass is 10.1. The molecule has 0 radical (unpaired) electrons. The van der Waals surface area contributed by atoms with Gasteiger partial charge in [-0.25, -0.2) is 15.0 Å². The number of aliphatic hydroxyl groups is 3. The zero-order valence-corrected chi connectivity index (χ0v) is 11.5. The average Bonchev–Trinajstić information content (AvgIpc) is 3.08. The van der Waals surface area contributed by atoms with E-state index in [0.717, 1.165) is 0 Å². The van der Waals surface area contributed by atoms with Crippen LogP contribution in [0.1, 0.15) is 6.23 Å². The van der Waals surface area contributed by atoms with Crippen molar-refractivity contribution in [1.29, 1.82) is 0 Å². The lowest BCUT2D eigenvalue weighted by molar-refractivity contribution is -0.0511. The molecule has 3 rings (SSSR count). The molecule has 0 amide bonds. The minimum atomic E-state index is -1.20. The van der Waals surface area contributed by atoms with Crippen LogP contribution in [0.3, 0.4) is 0 Å². The number of hydrogen-bond donors (Lipinski definition) is 4. The molecular weight excluding hydrogens is 290 g/mol. The first kappa shape index (κ1) is 14.7. The average molecular weight is 305 g/mol. The number of terminal acetylenes is 1. The Morgan fingerprint density at radius 2 is 2.14 bits per heavy atom. The van der Waals surface area contributed by atoms with Crippen LogP contribution in [-0.2, 0) is 4.74 Å². The van der Waals surface area contributed by atoms with Crippen molar-refractivity contribution in [3.8, 4) is 12.3 Å². The SMILES string of the molecule is C#CCNc1ncnc2c1ncn2[C@@H]1O[C@@H](CO)[C@@H](O)[C@H]1O. The van der Waals surface area contributed by atoms with Crippen molar-refractivity contribution in [3.63, 3.8) is 0 Å². The number of anilines is 1. The third-order valence-electron chi connectivity index (χ3n) is 3.51. The summed E-state index contributed by atoms with van der Waals surface area (Å²) in [5, 5.41) is 32.0. The Hall–Kier alpha value is -2.25. The summed E-state index contributed by atoms with van der Waals surface area (Å²) in [5.41, 5.74) is 0.889. The standard InChI is InChI=1S/C13H15N5O4/c1-2-3-14-11-8-12(16-5-15-11)18(6-17-8)13-10(21)9(20)7(4-19)22-13/h1,5-7,9-10,13,19-21H,3-4H2,(H,14,15,16)/t7-,9+,10+,13+/m0/s1. The van der Waals surface area contributed by atoms with E-state index >= 15 is 0 Å². The molecule has 0 saturated carbocycles. The number of aromatic nitrogens is 4. The van der Waals surface area contributed by atoms with Crippen LogP contribution >= 0.6 is 0 Å². The molecule has 1 fully saturated rings. The molecule has 1 aliphatic rings. The number of hydrogen-bond acceptors (Lipinski definition) is 8. The maximum Gasteiger partial charge on any atom is 0.167 e. The molecule has 116 valence electrons. The van der Waals surface area contributed by atoms with E-state index in [1.165, 1.54) is 17.2 Å². The van der Waals surface area contributed by atoms with Crippen molar-refractivity contribution in [2.45, 2.75) is 24.5 Å². The van der Waals surface area contributed by atoms with Gasteiger partial charge in [0.1, 0.15) is 24.6 Å². The summed E-state index contributed by atoms with van der Waals surface area (Å²) in [4.78, 5) is 12.4. The number of aliphatic hydroxyl groups excluding tert-OH is 3. The first-order valence-electron chi connectivity index (χ1n) is 6.64. The van der Waals surface area contributed by atoms with E-state index in [2.05, 4.69) is 26.2 Å². The molecular formula is C13H15N5O4. The van der Waals surface area contributed by atoms with Gasteiger partial charge in [-0.05, 0) is 0 Å². The highest BCUT2D eigenvalue weighted by Gasteiger charge is 2.43. The molecule has 9 nitrogen and oxygen atoms in total. The fourth-order valence-electron chi connectivity index (χ4n) is 2.41. The molecule has 4 N–H and O–H groups in total. The van der Waals surface area contributed by atoms with Crippen LogP contribution in [-0.4, -0.2) is 66.3 Å². The Balaban J connectivity index is 1.97. The first-order valence-corrected chi connectivity index (χ1v) is 6.64. The van der Waals surface area contributed by atoms with Crippen molar-refractivity contribution in [3.05, 3.63) is 12.7 Å². The number of fused-ring (bicyclic) bond motifs is 1. The van der Waals surface area contributed by atoms with Gasteiger partial charge < -0.3 is 25.4 Å². The van der Waals surface area contributed by atoms with Crippen molar-refractivity contribution in [1.82, 2.24) is 19.5 Å². The molecule has 2 aromatic heterocycles. The van der Waals surface area contributed by atoms with Gasteiger partial charge in [0.15, 0.2) is 23.2 Å². The van der Waals surface area contributed by atoms with Crippen LogP contribution in [0.4, 0.5) is 5.82 Å². The molecule has 0 unspecified atom stereocenters. The second kappa shape index (κ2) is 5.86. The van der Waals surface area contributed by atoms with E-state index < -0.39 is 31.1 Å². The summed E-state index contributed by atoms with van der Waals surface area (Å²) in [6.07, 6.45) is 3.82. The Morgan fingerprint density at radius 1 is 1.32 bits per heavy atom. The second-order valence-electron chi connectivity index (χ2n) is 4.83. The third kappa shape index (κ3) is 2.28. The molecule has 0 bridgehead atoms. The largest absolute Gasteiger partial charge is 0.394 e.